The topological polar surface area (TPSA) is 70.8 Å². The van der Waals surface area contributed by atoms with Crippen molar-refractivity contribution in [2.45, 2.75) is 19.8 Å². The van der Waals surface area contributed by atoms with Crippen LogP contribution in [0.1, 0.15) is 46.2 Å². The van der Waals surface area contributed by atoms with Crippen LogP contribution in [0, 0.1) is 0 Å². The van der Waals surface area contributed by atoms with E-state index >= 15 is 0 Å². The fourth-order valence-corrected chi connectivity index (χ4v) is 1.94. The number of furan rings is 1. The molecule has 5 nitrogen and oxygen atoms in total. The predicted molar refractivity (Wildman–Crippen MR) is 78.9 cm³/mol. The molecule has 110 valence electrons. The first kappa shape index (κ1) is 14.8. The van der Waals surface area contributed by atoms with Gasteiger partial charge < -0.3 is 14.4 Å². The Labute approximate surface area is 122 Å². The SMILES string of the molecule is CC(C)c1cccc(N(C)C(=O)c2cc(C(=O)O)co2)c1. The average molecular weight is 287 g/mol. The number of carbonyl (C=O) groups is 2. The van der Waals surface area contributed by atoms with Gasteiger partial charge in [-0.1, -0.05) is 26.0 Å². The van der Waals surface area contributed by atoms with Gasteiger partial charge in [0.1, 0.15) is 6.26 Å². The summed E-state index contributed by atoms with van der Waals surface area (Å²) >= 11 is 0. The van der Waals surface area contributed by atoms with Gasteiger partial charge in [0.05, 0.1) is 5.56 Å². The zero-order chi connectivity index (χ0) is 15.6. The highest BCUT2D eigenvalue weighted by molar-refractivity contribution is 6.05. The van der Waals surface area contributed by atoms with Gasteiger partial charge in [-0.25, -0.2) is 4.79 Å². The summed E-state index contributed by atoms with van der Waals surface area (Å²) in [6.07, 6.45) is 1.06. The summed E-state index contributed by atoms with van der Waals surface area (Å²) in [4.78, 5) is 24.6. The molecule has 0 radical (unpaired) electrons. The van der Waals surface area contributed by atoms with Crippen LogP contribution in [-0.2, 0) is 0 Å². The Morgan fingerprint density at radius 1 is 1.24 bits per heavy atom. The van der Waals surface area contributed by atoms with Crippen molar-refractivity contribution in [2.75, 3.05) is 11.9 Å². The van der Waals surface area contributed by atoms with E-state index in [1.165, 1.54) is 11.0 Å². The highest BCUT2D eigenvalue weighted by atomic mass is 16.4. The molecule has 0 aliphatic heterocycles. The Hall–Kier alpha value is -2.56. The lowest BCUT2D eigenvalue weighted by Gasteiger charge is -2.17. The highest BCUT2D eigenvalue weighted by Gasteiger charge is 2.19. The van der Waals surface area contributed by atoms with Gasteiger partial charge >= 0.3 is 5.97 Å². The molecule has 1 heterocycles. The fraction of sp³-hybridized carbons (Fsp3) is 0.250. The van der Waals surface area contributed by atoms with Crippen molar-refractivity contribution in [3.8, 4) is 0 Å². The van der Waals surface area contributed by atoms with E-state index in [1.54, 1.807) is 7.05 Å². The molecule has 0 fully saturated rings. The number of nitrogens with zero attached hydrogens (tertiary/aromatic N) is 1. The van der Waals surface area contributed by atoms with Crippen LogP contribution in [0.5, 0.6) is 0 Å². The van der Waals surface area contributed by atoms with Crippen LogP contribution in [0.25, 0.3) is 0 Å². The van der Waals surface area contributed by atoms with Crippen molar-refractivity contribution >= 4 is 17.6 Å². The van der Waals surface area contributed by atoms with Crippen LogP contribution < -0.4 is 4.90 Å². The van der Waals surface area contributed by atoms with Crippen LogP contribution in [0.4, 0.5) is 5.69 Å². The standard InChI is InChI=1S/C16H17NO4/c1-10(2)11-5-4-6-13(7-11)17(3)15(18)14-8-12(9-21-14)16(19)20/h4-10H,1-3H3,(H,19,20). The second-order valence-corrected chi connectivity index (χ2v) is 5.12. The van der Waals surface area contributed by atoms with Crippen molar-refractivity contribution in [2.24, 2.45) is 0 Å². The molecule has 0 aliphatic carbocycles. The van der Waals surface area contributed by atoms with Crippen molar-refractivity contribution in [1.29, 1.82) is 0 Å². The predicted octanol–water partition coefficient (Wildman–Crippen LogP) is 3.38. The molecule has 0 aliphatic rings. The van der Waals surface area contributed by atoms with E-state index in [9.17, 15) is 9.59 Å². The monoisotopic (exact) mass is 287 g/mol. The third kappa shape index (κ3) is 3.13. The van der Waals surface area contributed by atoms with Crippen LogP contribution in [-0.4, -0.2) is 24.0 Å². The third-order valence-corrected chi connectivity index (χ3v) is 3.29. The zero-order valence-electron chi connectivity index (χ0n) is 12.2. The Morgan fingerprint density at radius 2 is 1.95 bits per heavy atom. The Balaban J connectivity index is 2.26. The molecule has 0 saturated heterocycles. The maximum atomic E-state index is 12.3. The van der Waals surface area contributed by atoms with Crippen LogP contribution in [0.2, 0.25) is 0 Å². The highest BCUT2D eigenvalue weighted by Crippen LogP contribution is 2.22. The van der Waals surface area contributed by atoms with Gasteiger partial charge in [0, 0.05) is 18.8 Å². The molecule has 5 heteroatoms. The quantitative estimate of drug-likeness (QED) is 0.935. The van der Waals surface area contributed by atoms with Gasteiger partial charge in [-0.15, -0.1) is 0 Å². The number of hydrogen-bond acceptors (Lipinski definition) is 3. The van der Waals surface area contributed by atoms with Crippen molar-refractivity contribution in [1.82, 2.24) is 0 Å². The lowest BCUT2D eigenvalue weighted by molar-refractivity contribution is 0.0696. The van der Waals surface area contributed by atoms with Crippen LogP contribution >= 0.6 is 0 Å². The van der Waals surface area contributed by atoms with Gasteiger partial charge in [0.15, 0.2) is 5.76 Å². The summed E-state index contributed by atoms with van der Waals surface area (Å²) in [5.41, 5.74) is 1.82. The minimum Gasteiger partial charge on any atom is -0.478 e. The van der Waals surface area contributed by atoms with Gasteiger partial charge in [-0.2, -0.15) is 0 Å². The normalized spacial score (nSPS) is 10.7. The first-order valence-electron chi connectivity index (χ1n) is 6.60. The maximum absolute atomic E-state index is 12.3. The molecule has 0 saturated carbocycles. The second-order valence-electron chi connectivity index (χ2n) is 5.12. The number of carboxylic acids is 1. The zero-order valence-corrected chi connectivity index (χ0v) is 12.2. The van der Waals surface area contributed by atoms with E-state index in [0.717, 1.165) is 17.5 Å². The van der Waals surface area contributed by atoms with E-state index in [2.05, 4.69) is 13.8 Å². The van der Waals surface area contributed by atoms with Gasteiger partial charge in [0.2, 0.25) is 0 Å². The average Bonchev–Trinajstić information content (AvgIpc) is 2.95. The summed E-state index contributed by atoms with van der Waals surface area (Å²) in [7, 11) is 1.63. The third-order valence-electron chi connectivity index (χ3n) is 3.29. The number of anilines is 1. The molecule has 21 heavy (non-hydrogen) atoms. The molecule has 1 N–H and O–H groups in total. The molecule has 1 aromatic heterocycles. The van der Waals surface area contributed by atoms with Crippen LogP contribution in [0.15, 0.2) is 41.0 Å². The minimum absolute atomic E-state index is 0.00449. The lowest BCUT2D eigenvalue weighted by Crippen LogP contribution is -2.25. The number of hydrogen-bond donors (Lipinski definition) is 1. The first-order chi connectivity index (χ1) is 9.90. The second kappa shape index (κ2) is 5.83. The fourth-order valence-electron chi connectivity index (χ4n) is 1.94. The number of carbonyl (C=O) groups excluding carboxylic acids is 1. The first-order valence-corrected chi connectivity index (χ1v) is 6.60. The smallest absolute Gasteiger partial charge is 0.338 e. The van der Waals surface area contributed by atoms with E-state index in [0.29, 0.717) is 5.92 Å². The number of carboxylic acid groups (broad SMARTS) is 1. The van der Waals surface area contributed by atoms with Crippen molar-refractivity contribution in [3.63, 3.8) is 0 Å². The van der Waals surface area contributed by atoms with Gasteiger partial charge in [-0.05, 0) is 23.6 Å². The Kier molecular flexibility index (Phi) is 4.12. The van der Waals surface area contributed by atoms with Crippen molar-refractivity contribution < 1.29 is 19.1 Å². The molecular formula is C16H17NO4. The summed E-state index contributed by atoms with van der Waals surface area (Å²) in [5, 5.41) is 8.85. The molecule has 1 amide bonds. The Morgan fingerprint density at radius 3 is 2.52 bits per heavy atom. The summed E-state index contributed by atoms with van der Waals surface area (Å²) in [6.45, 7) is 4.15. The van der Waals surface area contributed by atoms with Crippen molar-refractivity contribution in [3.05, 3.63) is 53.5 Å². The van der Waals surface area contributed by atoms with Gasteiger partial charge in [0.25, 0.3) is 5.91 Å². The number of benzene rings is 1. The van der Waals surface area contributed by atoms with E-state index in [4.69, 9.17) is 9.52 Å². The van der Waals surface area contributed by atoms with E-state index in [1.807, 2.05) is 24.3 Å². The maximum Gasteiger partial charge on any atom is 0.338 e. The number of aromatic carboxylic acids is 1. The summed E-state index contributed by atoms with van der Waals surface area (Å²) in [6, 6.07) is 8.88. The largest absolute Gasteiger partial charge is 0.478 e. The molecule has 2 aromatic rings. The van der Waals surface area contributed by atoms with Gasteiger partial charge in [-0.3, -0.25) is 4.79 Å². The summed E-state index contributed by atoms with van der Waals surface area (Å²) in [5.74, 6) is -1.15. The summed E-state index contributed by atoms with van der Waals surface area (Å²) < 4.78 is 5.04. The van der Waals surface area contributed by atoms with E-state index in [-0.39, 0.29) is 17.2 Å². The molecule has 0 spiro atoms. The molecular weight excluding hydrogens is 270 g/mol. The number of amides is 1. The molecule has 0 atom stereocenters. The number of rotatable bonds is 4. The minimum atomic E-state index is -1.12. The van der Waals surface area contributed by atoms with E-state index < -0.39 is 5.97 Å². The van der Waals surface area contributed by atoms with Crippen LogP contribution in [0.3, 0.4) is 0 Å². The molecule has 1 aromatic carbocycles. The Bertz CT molecular complexity index is 672. The molecule has 2 rings (SSSR count). The molecule has 0 bridgehead atoms. The molecule has 0 unspecified atom stereocenters. The lowest BCUT2D eigenvalue weighted by atomic mass is 10.0.